The fourth-order valence-electron chi connectivity index (χ4n) is 3.66. The van der Waals surface area contributed by atoms with Crippen LogP contribution in [-0.4, -0.2) is 49.4 Å². The van der Waals surface area contributed by atoms with Gasteiger partial charge < -0.3 is 9.64 Å². The molecule has 0 aromatic heterocycles. The predicted molar refractivity (Wildman–Crippen MR) is 117 cm³/mol. The number of hydrogen-bond donors (Lipinski definition) is 0. The number of aliphatic imine (C=N–C) groups is 1. The standard InChI is InChI=1S/C20H18ClFN2O4S2/c1-28-17-5-3-2-4-12(17)8-19(25)23-20-24(13-6-7-15(22)14(21)9-13)16-10-30(26,27)11-18(16)29-20/h2-7,9,16,18H,8,10-11H2,1H3/t16-,18+/m1/s1. The Morgan fingerprint density at radius 1 is 1.30 bits per heavy atom. The van der Waals surface area contributed by atoms with Crippen LogP contribution in [0.4, 0.5) is 10.1 Å². The molecule has 0 aliphatic carbocycles. The van der Waals surface area contributed by atoms with E-state index in [9.17, 15) is 17.6 Å². The zero-order valence-electron chi connectivity index (χ0n) is 15.9. The maximum Gasteiger partial charge on any atom is 0.252 e. The van der Waals surface area contributed by atoms with Crippen molar-refractivity contribution < 1.29 is 22.3 Å². The Hall–Kier alpha value is -2.10. The lowest BCUT2D eigenvalue weighted by molar-refractivity contribution is -0.117. The van der Waals surface area contributed by atoms with E-state index in [1.807, 2.05) is 12.1 Å². The Morgan fingerprint density at radius 2 is 2.07 bits per heavy atom. The first-order valence-corrected chi connectivity index (χ1v) is 12.2. The maximum absolute atomic E-state index is 13.7. The molecule has 2 aliphatic heterocycles. The number of carbonyl (C=O) groups is 1. The van der Waals surface area contributed by atoms with E-state index in [0.29, 0.717) is 22.2 Å². The van der Waals surface area contributed by atoms with Gasteiger partial charge in [0.15, 0.2) is 15.0 Å². The number of thioether (sulfide) groups is 1. The van der Waals surface area contributed by atoms with Crippen LogP contribution in [0.2, 0.25) is 5.02 Å². The van der Waals surface area contributed by atoms with E-state index in [-0.39, 0.29) is 40.1 Å². The summed E-state index contributed by atoms with van der Waals surface area (Å²) < 4.78 is 43.2. The van der Waals surface area contributed by atoms with Gasteiger partial charge in [0.05, 0.1) is 36.1 Å². The Bertz CT molecular complexity index is 1140. The van der Waals surface area contributed by atoms with Crippen LogP contribution in [0.1, 0.15) is 5.56 Å². The maximum atomic E-state index is 13.7. The summed E-state index contributed by atoms with van der Waals surface area (Å²) >= 11 is 7.19. The number of nitrogens with zero attached hydrogens (tertiary/aromatic N) is 2. The van der Waals surface area contributed by atoms with Gasteiger partial charge in [-0.05, 0) is 24.3 Å². The number of methoxy groups -OCH3 is 1. The number of amidine groups is 1. The molecule has 2 heterocycles. The molecule has 1 amide bonds. The molecule has 2 aromatic carbocycles. The van der Waals surface area contributed by atoms with Gasteiger partial charge in [-0.15, -0.1) is 0 Å². The van der Waals surface area contributed by atoms with Gasteiger partial charge in [0, 0.05) is 16.5 Å². The number of fused-ring (bicyclic) bond motifs is 1. The van der Waals surface area contributed by atoms with Crippen molar-refractivity contribution >= 4 is 50.0 Å². The highest BCUT2D eigenvalue weighted by Crippen LogP contribution is 2.41. The van der Waals surface area contributed by atoms with Crippen molar-refractivity contribution in [2.24, 2.45) is 4.99 Å². The number of hydrogen-bond acceptors (Lipinski definition) is 5. The summed E-state index contributed by atoms with van der Waals surface area (Å²) in [5.41, 5.74) is 1.21. The molecule has 0 bridgehead atoms. The molecule has 2 saturated heterocycles. The fourth-order valence-corrected chi connectivity index (χ4v) is 7.77. The molecule has 4 rings (SSSR count). The second kappa shape index (κ2) is 8.20. The smallest absolute Gasteiger partial charge is 0.252 e. The lowest BCUT2D eigenvalue weighted by atomic mass is 10.1. The van der Waals surface area contributed by atoms with Gasteiger partial charge in [-0.1, -0.05) is 41.6 Å². The summed E-state index contributed by atoms with van der Waals surface area (Å²) in [5.74, 6) is -0.417. The second-order valence-corrected chi connectivity index (χ2v) is 10.8. The van der Waals surface area contributed by atoms with Gasteiger partial charge in [0.25, 0.3) is 5.91 Å². The number of carbonyl (C=O) groups excluding carboxylic acids is 1. The zero-order chi connectivity index (χ0) is 21.5. The topological polar surface area (TPSA) is 76.0 Å². The van der Waals surface area contributed by atoms with Crippen molar-refractivity contribution in [3.8, 4) is 5.75 Å². The predicted octanol–water partition coefficient (Wildman–Crippen LogP) is 3.33. The van der Waals surface area contributed by atoms with Gasteiger partial charge in [-0.3, -0.25) is 4.79 Å². The quantitative estimate of drug-likeness (QED) is 0.685. The molecule has 0 N–H and O–H groups in total. The number of anilines is 1. The molecule has 0 saturated carbocycles. The minimum atomic E-state index is -3.20. The number of rotatable bonds is 4. The molecule has 30 heavy (non-hydrogen) atoms. The summed E-state index contributed by atoms with van der Waals surface area (Å²) in [7, 11) is -1.67. The highest BCUT2D eigenvalue weighted by Gasteiger charge is 2.49. The first-order chi connectivity index (χ1) is 14.3. The first-order valence-electron chi connectivity index (χ1n) is 9.12. The number of para-hydroxylation sites is 1. The van der Waals surface area contributed by atoms with Crippen molar-refractivity contribution in [3.05, 3.63) is 58.9 Å². The third-order valence-corrected chi connectivity index (χ3v) is 8.50. The number of halogens is 2. The average Bonchev–Trinajstić information content (AvgIpc) is 3.15. The lowest BCUT2D eigenvalue weighted by Gasteiger charge is -2.24. The van der Waals surface area contributed by atoms with Gasteiger partial charge >= 0.3 is 0 Å². The molecule has 2 aliphatic rings. The molecule has 2 atom stereocenters. The van der Waals surface area contributed by atoms with Crippen LogP contribution in [0.25, 0.3) is 0 Å². The molecule has 0 unspecified atom stereocenters. The van der Waals surface area contributed by atoms with Gasteiger partial charge in [0.2, 0.25) is 0 Å². The van der Waals surface area contributed by atoms with Crippen molar-refractivity contribution in [1.82, 2.24) is 0 Å². The minimum absolute atomic E-state index is 0.00742. The van der Waals surface area contributed by atoms with Crippen LogP contribution in [0, 0.1) is 5.82 Å². The Kier molecular flexibility index (Phi) is 5.78. The largest absolute Gasteiger partial charge is 0.496 e. The fraction of sp³-hybridized carbons (Fsp3) is 0.300. The second-order valence-electron chi connectivity index (χ2n) is 7.05. The minimum Gasteiger partial charge on any atom is -0.496 e. The van der Waals surface area contributed by atoms with E-state index < -0.39 is 15.7 Å². The number of benzene rings is 2. The van der Waals surface area contributed by atoms with Crippen molar-refractivity contribution in [1.29, 1.82) is 0 Å². The van der Waals surface area contributed by atoms with Crippen LogP contribution < -0.4 is 9.64 Å². The van der Waals surface area contributed by atoms with Crippen LogP contribution in [-0.2, 0) is 21.1 Å². The van der Waals surface area contributed by atoms with E-state index >= 15 is 0 Å². The summed E-state index contributed by atoms with van der Waals surface area (Å²) in [5, 5.41) is 0.0561. The van der Waals surface area contributed by atoms with Gasteiger partial charge in [-0.2, -0.15) is 4.99 Å². The third-order valence-electron chi connectivity index (χ3n) is 5.00. The summed E-state index contributed by atoms with van der Waals surface area (Å²) in [6, 6.07) is 10.9. The highest BCUT2D eigenvalue weighted by atomic mass is 35.5. The summed E-state index contributed by atoms with van der Waals surface area (Å²) in [6.45, 7) is 0. The van der Waals surface area contributed by atoms with Gasteiger partial charge in [0.1, 0.15) is 11.6 Å². The van der Waals surface area contributed by atoms with Crippen molar-refractivity contribution in [2.45, 2.75) is 17.7 Å². The van der Waals surface area contributed by atoms with Gasteiger partial charge in [-0.25, -0.2) is 12.8 Å². The molecule has 2 fully saturated rings. The third kappa shape index (κ3) is 4.19. The van der Waals surface area contributed by atoms with E-state index in [1.165, 1.54) is 37.1 Å². The molecule has 10 heteroatoms. The molecule has 6 nitrogen and oxygen atoms in total. The van der Waals surface area contributed by atoms with E-state index in [0.717, 1.165) is 0 Å². The Morgan fingerprint density at radius 3 is 2.80 bits per heavy atom. The van der Waals surface area contributed by atoms with Crippen molar-refractivity contribution in [3.63, 3.8) is 0 Å². The van der Waals surface area contributed by atoms with E-state index in [2.05, 4.69) is 4.99 Å². The highest BCUT2D eigenvalue weighted by molar-refractivity contribution is 8.16. The molecular formula is C20H18ClFN2O4S2. The molecule has 0 radical (unpaired) electrons. The van der Waals surface area contributed by atoms with E-state index in [1.54, 1.807) is 17.0 Å². The number of amides is 1. The Labute approximate surface area is 183 Å². The number of sulfone groups is 1. The summed E-state index contributed by atoms with van der Waals surface area (Å²) in [6.07, 6.45) is 0.0414. The lowest BCUT2D eigenvalue weighted by Crippen LogP contribution is -2.37. The number of ether oxygens (including phenoxy) is 1. The van der Waals surface area contributed by atoms with Crippen LogP contribution in [0.15, 0.2) is 47.5 Å². The van der Waals surface area contributed by atoms with Crippen LogP contribution in [0.5, 0.6) is 5.75 Å². The SMILES string of the molecule is COc1ccccc1CC(=O)N=C1S[C@H]2CS(=O)(=O)C[C@H]2N1c1ccc(F)c(Cl)c1. The first kappa shape index (κ1) is 21.1. The Balaban J connectivity index is 1.66. The van der Waals surface area contributed by atoms with E-state index in [4.69, 9.17) is 16.3 Å². The summed E-state index contributed by atoms with van der Waals surface area (Å²) in [4.78, 5) is 18.6. The molecule has 2 aromatic rings. The van der Waals surface area contributed by atoms with Crippen LogP contribution in [0.3, 0.4) is 0 Å². The average molecular weight is 469 g/mol. The molecule has 158 valence electrons. The molecule has 0 spiro atoms. The zero-order valence-corrected chi connectivity index (χ0v) is 18.3. The monoisotopic (exact) mass is 468 g/mol. The normalized spacial score (nSPS) is 23.6. The van der Waals surface area contributed by atoms with Crippen molar-refractivity contribution in [2.75, 3.05) is 23.5 Å². The molecular weight excluding hydrogens is 451 g/mol. The van der Waals surface area contributed by atoms with Crippen LogP contribution >= 0.6 is 23.4 Å².